The first-order chi connectivity index (χ1) is 12.0. The van der Waals surface area contributed by atoms with E-state index in [0.717, 1.165) is 5.56 Å². The average Bonchev–Trinajstić information content (AvgIpc) is 2.61. The Balaban J connectivity index is 1.91. The SMILES string of the molecule is C[C@@H](NC(=O)c1ccc(NC(=O)CCC(=O)O)cc1)c1ccccc1. The third-order valence-electron chi connectivity index (χ3n) is 3.64. The van der Waals surface area contributed by atoms with Gasteiger partial charge in [-0.3, -0.25) is 14.4 Å². The van der Waals surface area contributed by atoms with Crippen molar-refractivity contribution >= 4 is 23.5 Å². The van der Waals surface area contributed by atoms with Crippen LogP contribution in [0.5, 0.6) is 0 Å². The molecule has 0 radical (unpaired) electrons. The molecule has 2 aromatic rings. The second kappa shape index (κ2) is 8.63. The number of carbonyl (C=O) groups is 3. The Bertz CT molecular complexity index is 742. The molecule has 0 saturated heterocycles. The maximum atomic E-state index is 12.3. The molecule has 130 valence electrons. The van der Waals surface area contributed by atoms with Gasteiger partial charge in [0, 0.05) is 17.7 Å². The van der Waals surface area contributed by atoms with Gasteiger partial charge in [-0.2, -0.15) is 0 Å². The molecule has 0 heterocycles. The van der Waals surface area contributed by atoms with E-state index in [9.17, 15) is 14.4 Å². The highest BCUT2D eigenvalue weighted by Crippen LogP contribution is 2.14. The number of aliphatic carboxylic acids is 1. The van der Waals surface area contributed by atoms with Crippen molar-refractivity contribution in [1.82, 2.24) is 5.32 Å². The second-order valence-electron chi connectivity index (χ2n) is 5.63. The van der Waals surface area contributed by atoms with Crippen LogP contribution in [0.15, 0.2) is 54.6 Å². The van der Waals surface area contributed by atoms with E-state index in [0.29, 0.717) is 11.3 Å². The van der Waals surface area contributed by atoms with E-state index in [2.05, 4.69) is 10.6 Å². The molecule has 2 amide bonds. The minimum atomic E-state index is -1.02. The Morgan fingerprint density at radius 1 is 0.960 bits per heavy atom. The monoisotopic (exact) mass is 340 g/mol. The van der Waals surface area contributed by atoms with Gasteiger partial charge in [0.05, 0.1) is 12.5 Å². The van der Waals surface area contributed by atoms with E-state index < -0.39 is 5.97 Å². The zero-order chi connectivity index (χ0) is 18.2. The average molecular weight is 340 g/mol. The van der Waals surface area contributed by atoms with Gasteiger partial charge >= 0.3 is 5.97 Å². The van der Waals surface area contributed by atoms with Crippen molar-refractivity contribution in [3.05, 3.63) is 65.7 Å². The first-order valence-corrected chi connectivity index (χ1v) is 7.93. The minimum Gasteiger partial charge on any atom is -0.481 e. The first kappa shape index (κ1) is 18.2. The third-order valence-corrected chi connectivity index (χ3v) is 3.64. The van der Waals surface area contributed by atoms with Crippen molar-refractivity contribution in [2.24, 2.45) is 0 Å². The maximum absolute atomic E-state index is 12.3. The van der Waals surface area contributed by atoms with Crippen LogP contribution in [0.3, 0.4) is 0 Å². The Kier molecular flexibility index (Phi) is 6.28. The van der Waals surface area contributed by atoms with Gasteiger partial charge in [0.15, 0.2) is 0 Å². The smallest absolute Gasteiger partial charge is 0.303 e. The lowest BCUT2D eigenvalue weighted by molar-refractivity contribution is -0.138. The summed E-state index contributed by atoms with van der Waals surface area (Å²) in [5.41, 5.74) is 2.01. The molecule has 0 spiro atoms. The largest absolute Gasteiger partial charge is 0.481 e. The molecule has 6 nitrogen and oxygen atoms in total. The van der Waals surface area contributed by atoms with Crippen molar-refractivity contribution in [3.8, 4) is 0 Å². The summed E-state index contributed by atoms with van der Waals surface area (Å²) in [4.78, 5) is 34.3. The normalized spacial score (nSPS) is 11.4. The zero-order valence-electron chi connectivity index (χ0n) is 13.9. The number of amides is 2. The Morgan fingerprint density at radius 3 is 2.20 bits per heavy atom. The van der Waals surface area contributed by atoms with Gasteiger partial charge in [0.2, 0.25) is 5.91 Å². The van der Waals surface area contributed by atoms with Gasteiger partial charge < -0.3 is 15.7 Å². The fraction of sp³-hybridized carbons (Fsp3) is 0.211. The molecule has 0 aliphatic heterocycles. The first-order valence-electron chi connectivity index (χ1n) is 7.93. The van der Waals surface area contributed by atoms with Gasteiger partial charge in [-0.05, 0) is 36.8 Å². The van der Waals surface area contributed by atoms with E-state index in [1.807, 2.05) is 37.3 Å². The minimum absolute atomic E-state index is 0.0911. The molecule has 0 aliphatic rings. The van der Waals surface area contributed by atoms with Gasteiger partial charge in [0.1, 0.15) is 0 Å². The molecule has 6 heteroatoms. The van der Waals surface area contributed by atoms with Gasteiger partial charge in [0.25, 0.3) is 5.91 Å². The molecule has 2 aromatic carbocycles. The summed E-state index contributed by atoms with van der Waals surface area (Å²) in [6.45, 7) is 1.91. The number of rotatable bonds is 7. The molecule has 0 saturated carbocycles. The lowest BCUT2D eigenvalue weighted by atomic mass is 10.1. The fourth-order valence-electron chi connectivity index (χ4n) is 2.25. The van der Waals surface area contributed by atoms with E-state index in [1.54, 1.807) is 24.3 Å². The molecule has 3 N–H and O–H groups in total. The van der Waals surface area contributed by atoms with E-state index >= 15 is 0 Å². The van der Waals surface area contributed by atoms with Crippen LogP contribution in [-0.4, -0.2) is 22.9 Å². The molecular weight excluding hydrogens is 320 g/mol. The fourth-order valence-corrected chi connectivity index (χ4v) is 2.25. The van der Waals surface area contributed by atoms with Crippen molar-refractivity contribution in [2.45, 2.75) is 25.8 Å². The lowest BCUT2D eigenvalue weighted by Crippen LogP contribution is -2.26. The number of benzene rings is 2. The molecular formula is C19H20N2O4. The predicted octanol–water partition coefficient (Wildman–Crippen LogP) is 2.98. The third kappa shape index (κ3) is 5.76. The van der Waals surface area contributed by atoms with Crippen LogP contribution < -0.4 is 10.6 Å². The summed E-state index contributed by atoms with van der Waals surface area (Å²) in [6, 6.07) is 16.0. The Labute approximate surface area is 145 Å². The van der Waals surface area contributed by atoms with Crippen LogP contribution in [0.25, 0.3) is 0 Å². The van der Waals surface area contributed by atoms with Crippen LogP contribution in [0.4, 0.5) is 5.69 Å². The Hall–Kier alpha value is -3.15. The van der Waals surface area contributed by atoms with Crippen molar-refractivity contribution < 1.29 is 19.5 Å². The number of carboxylic acid groups (broad SMARTS) is 1. The highest BCUT2D eigenvalue weighted by molar-refractivity contribution is 5.96. The Morgan fingerprint density at radius 2 is 1.60 bits per heavy atom. The summed E-state index contributed by atoms with van der Waals surface area (Å²) in [5.74, 6) is -1.60. The number of carbonyl (C=O) groups excluding carboxylic acids is 2. The highest BCUT2D eigenvalue weighted by atomic mass is 16.4. The number of carboxylic acids is 1. The van der Waals surface area contributed by atoms with E-state index in [-0.39, 0.29) is 30.7 Å². The summed E-state index contributed by atoms with van der Waals surface area (Å²) < 4.78 is 0. The molecule has 0 aliphatic carbocycles. The lowest BCUT2D eigenvalue weighted by Gasteiger charge is -2.14. The second-order valence-corrected chi connectivity index (χ2v) is 5.63. The van der Waals surface area contributed by atoms with Gasteiger partial charge in [-0.15, -0.1) is 0 Å². The predicted molar refractivity (Wildman–Crippen MR) is 94.3 cm³/mol. The van der Waals surface area contributed by atoms with Crippen LogP contribution in [0.2, 0.25) is 0 Å². The molecule has 1 atom stereocenters. The standard InChI is InChI=1S/C19H20N2O4/c1-13(14-5-3-2-4-6-14)20-19(25)15-7-9-16(10-8-15)21-17(22)11-12-18(23)24/h2-10,13H,11-12H2,1H3,(H,20,25)(H,21,22)(H,23,24)/t13-/m1/s1. The molecule has 0 unspecified atom stereocenters. The molecule has 0 bridgehead atoms. The number of anilines is 1. The molecule has 2 rings (SSSR count). The quantitative estimate of drug-likeness (QED) is 0.722. The van der Waals surface area contributed by atoms with Crippen molar-refractivity contribution in [2.75, 3.05) is 5.32 Å². The van der Waals surface area contributed by atoms with Crippen LogP contribution in [0, 0.1) is 0 Å². The maximum Gasteiger partial charge on any atom is 0.303 e. The van der Waals surface area contributed by atoms with Crippen molar-refractivity contribution in [3.63, 3.8) is 0 Å². The van der Waals surface area contributed by atoms with Crippen LogP contribution in [-0.2, 0) is 9.59 Å². The van der Waals surface area contributed by atoms with E-state index in [1.165, 1.54) is 0 Å². The molecule has 0 fully saturated rings. The number of hydrogen-bond acceptors (Lipinski definition) is 3. The molecule has 25 heavy (non-hydrogen) atoms. The molecule has 0 aromatic heterocycles. The van der Waals surface area contributed by atoms with Crippen LogP contribution >= 0.6 is 0 Å². The van der Waals surface area contributed by atoms with Gasteiger partial charge in [-0.1, -0.05) is 30.3 Å². The van der Waals surface area contributed by atoms with Crippen LogP contribution in [0.1, 0.15) is 41.7 Å². The topological polar surface area (TPSA) is 95.5 Å². The van der Waals surface area contributed by atoms with Crippen molar-refractivity contribution in [1.29, 1.82) is 0 Å². The summed E-state index contributed by atoms with van der Waals surface area (Å²) in [5, 5.41) is 14.1. The summed E-state index contributed by atoms with van der Waals surface area (Å²) in [6.07, 6.45) is -0.310. The highest BCUT2D eigenvalue weighted by Gasteiger charge is 2.11. The number of nitrogens with one attached hydrogen (secondary N) is 2. The zero-order valence-corrected chi connectivity index (χ0v) is 13.9. The number of hydrogen-bond donors (Lipinski definition) is 3. The van der Waals surface area contributed by atoms with Gasteiger partial charge in [-0.25, -0.2) is 0 Å². The summed E-state index contributed by atoms with van der Waals surface area (Å²) in [7, 11) is 0. The van der Waals surface area contributed by atoms with E-state index in [4.69, 9.17) is 5.11 Å². The summed E-state index contributed by atoms with van der Waals surface area (Å²) >= 11 is 0.